The molecule has 0 saturated heterocycles. The highest BCUT2D eigenvalue weighted by molar-refractivity contribution is 5.94. The van der Waals surface area contributed by atoms with Gasteiger partial charge in [0.15, 0.2) is 0 Å². The first-order valence-corrected chi connectivity index (χ1v) is 6.66. The fourth-order valence-corrected chi connectivity index (χ4v) is 2.03. The van der Waals surface area contributed by atoms with Crippen molar-refractivity contribution in [1.82, 2.24) is 10.3 Å². The second kappa shape index (κ2) is 6.35. The second-order valence-corrected chi connectivity index (χ2v) is 5.04. The van der Waals surface area contributed by atoms with Crippen molar-refractivity contribution < 1.29 is 9.18 Å². The van der Waals surface area contributed by atoms with Gasteiger partial charge in [-0.05, 0) is 42.8 Å². The van der Waals surface area contributed by atoms with E-state index in [1.54, 1.807) is 43.5 Å². The number of carbonyl (C=O) groups is 1. The maximum absolute atomic E-state index is 13.9. The third-order valence-electron chi connectivity index (χ3n) is 3.25. The van der Waals surface area contributed by atoms with Gasteiger partial charge in [0.25, 0.3) is 5.91 Å². The zero-order valence-electron chi connectivity index (χ0n) is 12.3. The molecule has 1 N–H and O–H groups in total. The van der Waals surface area contributed by atoms with Gasteiger partial charge in [-0.25, -0.2) is 4.39 Å². The summed E-state index contributed by atoms with van der Waals surface area (Å²) in [6.45, 7) is 1.87. The largest absolute Gasteiger partial charge is 0.375 e. The summed E-state index contributed by atoms with van der Waals surface area (Å²) in [5, 5.41) is 2.84. The van der Waals surface area contributed by atoms with Gasteiger partial charge in [-0.15, -0.1) is 0 Å². The third-order valence-corrected chi connectivity index (χ3v) is 3.25. The minimum Gasteiger partial charge on any atom is -0.375 e. The molecule has 2 aromatic rings. The number of nitrogens with one attached hydrogen (secondary N) is 1. The lowest BCUT2D eigenvalue weighted by Crippen LogP contribution is -2.26. The Labute approximate surface area is 123 Å². The number of benzene rings is 1. The smallest absolute Gasteiger partial charge is 0.251 e. The van der Waals surface area contributed by atoms with Crippen LogP contribution >= 0.6 is 0 Å². The van der Waals surface area contributed by atoms with Crippen molar-refractivity contribution in [2.24, 2.45) is 0 Å². The Bertz CT molecular complexity index is 629. The van der Waals surface area contributed by atoms with Crippen LogP contribution in [-0.4, -0.2) is 25.0 Å². The number of halogens is 1. The van der Waals surface area contributed by atoms with Gasteiger partial charge in [-0.3, -0.25) is 9.78 Å². The van der Waals surface area contributed by atoms with Crippen LogP contribution in [-0.2, 0) is 0 Å². The van der Waals surface area contributed by atoms with Crippen LogP contribution in [0.25, 0.3) is 0 Å². The minimum atomic E-state index is -0.413. The average Bonchev–Trinajstić information content (AvgIpc) is 2.47. The van der Waals surface area contributed by atoms with Gasteiger partial charge in [-0.1, -0.05) is 0 Å². The highest BCUT2D eigenvalue weighted by Crippen LogP contribution is 2.19. The van der Waals surface area contributed by atoms with E-state index in [9.17, 15) is 9.18 Å². The van der Waals surface area contributed by atoms with Gasteiger partial charge in [0, 0.05) is 32.1 Å². The predicted molar refractivity (Wildman–Crippen MR) is 80.8 cm³/mol. The van der Waals surface area contributed by atoms with Crippen LogP contribution < -0.4 is 10.2 Å². The van der Waals surface area contributed by atoms with Gasteiger partial charge in [0.05, 0.1) is 11.7 Å². The lowest BCUT2D eigenvalue weighted by Gasteiger charge is -2.16. The second-order valence-electron chi connectivity index (χ2n) is 5.04. The van der Waals surface area contributed by atoms with Gasteiger partial charge in [0.2, 0.25) is 0 Å². The number of anilines is 1. The van der Waals surface area contributed by atoms with Crippen LogP contribution in [0.15, 0.2) is 42.7 Å². The fraction of sp³-hybridized carbons (Fsp3) is 0.250. The van der Waals surface area contributed by atoms with E-state index in [-0.39, 0.29) is 11.9 Å². The normalized spacial score (nSPS) is 11.8. The van der Waals surface area contributed by atoms with E-state index in [1.165, 1.54) is 6.07 Å². The molecule has 4 nitrogen and oxygen atoms in total. The van der Waals surface area contributed by atoms with E-state index in [0.29, 0.717) is 11.3 Å². The summed E-state index contributed by atoms with van der Waals surface area (Å²) in [6.07, 6.45) is 3.34. The van der Waals surface area contributed by atoms with E-state index in [0.717, 1.165) is 5.56 Å². The number of amides is 1. The molecule has 1 aromatic heterocycles. The van der Waals surface area contributed by atoms with Crippen LogP contribution in [0.3, 0.4) is 0 Å². The molecule has 1 heterocycles. The van der Waals surface area contributed by atoms with E-state index < -0.39 is 5.82 Å². The van der Waals surface area contributed by atoms with E-state index >= 15 is 0 Å². The van der Waals surface area contributed by atoms with Gasteiger partial charge < -0.3 is 10.2 Å². The maximum atomic E-state index is 13.9. The first-order valence-electron chi connectivity index (χ1n) is 6.66. The minimum absolute atomic E-state index is 0.169. The topological polar surface area (TPSA) is 45.2 Å². The summed E-state index contributed by atoms with van der Waals surface area (Å²) in [7, 11) is 3.51. The molecule has 5 heteroatoms. The number of aromatic nitrogens is 1. The van der Waals surface area contributed by atoms with Crippen molar-refractivity contribution in [3.63, 3.8) is 0 Å². The van der Waals surface area contributed by atoms with E-state index in [2.05, 4.69) is 10.3 Å². The van der Waals surface area contributed by atoms with Crippen LogP contribution in [0.2, 0.25) is 0 Å². The van der Waals surface area contributed by atoms with Crippen LogP contribution in [0, 0.1) is 5.82 Å². The van der Waals surface area contributed by atoms with E-state index in [1.807, 2.05) is 19.1 Å². The first-order chi connectivity index (χ1) is 9.99. The lowest BCUT2D eigenvalue weighted by molar-refractivity contribution is 0.0939. The van der Waals surface area contributed by atoms with Crippen molar-refractivity contribution in [3.8, 4) is 0 Å². The fourth-order valence-electron chi connectivity index (χ4n) is 2.03. The zero-order valence-corrected chi connectivity index (χ0v) is 12.3. The first kappa shape index (κ1) is 15.0. The monoisotopic (exact) mass is 287 g/mol. The number of hydrogen-bond acceptors (Lipinski definition) is 3. The molecule has 1 aromatic carbocycles. The van der Waals surface area contributed by atoms with Crippen LogP contribution in [0.4, 0.5) is 10.1 Å². The molecule has 1 unspecified atom stereocenters. The lowest BCUT2D eigenvalue weighted by atomic mass is 10.1. The molecule has 0 aliphatic rings. The zero-order chi connectivity index (χ0) is 15.4. The van der Waals surface area contributed by atoms with Crippen molar-refractivity contribution in [2.45, 2.75) is 13.0 Å². The Hall–Kier alpha value is -2.43. The summed E-state index contributed by atoms with van der Waals surface area (Å²) in [5.41, 5.74) is 1.71. The van der Waals surface area contributed by atoms with Crippen molar-refractivity contribution in [1.29, 1.82) is 0 Å². The number of rotatable bonds is 4. The van der Waals surface area contributed by atoms with Gasteiger partial charge in [0.1, 0.15) is 5.82 Å². The molecule has 0 spiro atoms. The van der Waals surface area contributed by atoms with Crippen LogP contribution in [0.5, 0.6) is 0 Å². The Morgan fingerprint density at radius 2 is 1.90 bits per heavy atom. The van der Waals surface area contributed by atoms with Crippen molar-refractivity contribution in [2.75, 3.05) is 19.0 Å². The quantitative estimate of drug-likeness (QED) is 0.940. The van der Waals surface area contributed by atoms with E-state index in [4.69, 9.17) is 0 Å². The number of carbonyl (C=O) groups excluding carboxylic acids is 1. The Kier molecular flexibility index (Phi) is 4.52. The summed E-state index contributed by atoms with van der Waals surface area (Å²) in [5.74, 6) is -0.715. The Balaban J connectivity index is 2.12. The predicted octanol–water partition coefficient (Wildman–Crippen LogP) is 2.78. The molecule has 1 atom stereocenters. The Morgan fingerprint density at radius 3 is 2.48 bits per heavy atom. The molecular weight excluding hydrogens is 269 g/mol. The molecule has 0 aliphatic heterocycles. The number of hydrogen-bond donors (Lipinski definition) is 1. The SMILES string of the molecule is CC(NC(=O)c1ccc(N(C)C)c(F)c1)c1ccncc1. The van der Waals surface area contributed by atoms with Crippen LogP contribution in [0.1, 0.15) is 28.9 Å². The molecule has 0 bridgehead atoms. The third kappa shape index (κ3) is 3.56. The highest BCUT2D eigenvalue weighted by atomic mass is 19.1. The van der Waals surface area contributed by atoms with Gasteiger partial charge >= 0.3 is 0 Å². The molecule has 0 radical (unpaired) electrons. The highest BCUT2D eigenvalue weighted by Gasteiger charge is 2.14. The van der Waals surface area contributed by atoms with Gasteiger partial charge in [-0.2, -0.15) is 0 Å². The molecule has 0 aliphatic carbocycles. The summed E-state index contributed by atoms with van der Waals surface area (Å²) in [4.78, 5) is 17.8. The van der Waals surface area contributed by atoms with Crippen molar-refractivity contribution >= 4 is 11.6 Å². The molecule has 2 rings (SSSR count). The molecule has 21 heavy (non-hydrogen) atoms. The summed E-state index contributed by atoms with van der Waals surface area (Å²) in [6, 6.07) is 7.97. The number of nitrogens with zero attached hydrogens (tertiary/aromatic N) is 2. The summed E-state index contributed by atoms with van der Waals surface area (Å²) < 4.78 is 13.9. The Morgan fingerprint density at radius 1 is 1.24 bits per heavy atom. The standard InChI is InChI=1S/C16H18FN3O/c1-11(12-6-8-18-9-7-12)19-16(21)13-4-5-15(20(2)3)14(17)10-13/h4-11H,1-3H3,(H,19,21). The number of pyridine rings is 1. The maximum Gasteiger partial charge on any atom is 0.251 e. The summed E-state index contributed by atoms with van der Waals surface area (Å²) >= 11 is 0. The molecule has 110 valence electrons. The molecule has 0 fully saturated rings. The molecular formula is C16H18FN3O. The molecule has 0 saturated carbocycles. The van der Waals surface area contributed by atoms with Crippen molar-refractivity contribution in [3.05, 3.63) is 59.7 Å². The molecule has 1 amide bonds. The average molecular weight is 287 g/mol.